The molecule has 0 saturated heterocycles. The van der Waals surface area contributed by atoms with Crippen LogP contribution in [-0.2, 0) is 9.59 Å². The molecular weight excluding hydrogens is 370 g/mol. The average Bonchev–Trinajstić information content (AvgIpc) is 2.94. The zero-order chi connectivity index (χ0) is 17.3. The highest BCUT2D eigenvalue weighted by Gasteiger charge is 2.33. The molecule has 2 N–H and O–H groups in total. The molecule has 0 radical (unpaired) electrons. The van der Waals surface area contributed by atoms with E-state index in [2.05, 4.69) is 26.2 Å². The van der Waals surface area contributed by atoms with Crippen LogP contribution in [0, 0.1) is 0 Å². The van der Waals surface area contributed by atoms with E-state index in [4.69, 9.17) is 0 Å². The molecule has 1 atom stereocenters. The fourth-order valence-electron chi connectivity index (χ4n) is 3.04. The van der Waals surface area contributed by atoms with Crippen molar-refractivity contribution < 1.29 is 9.59 Å². The third-order valence-electron chi connectivity index (χ3n) is 4.05. The molecule has 3 rings (SSSR count). The van der Waals surface area contributed by atoms with Crippen LogP contribution >= 0.6 is 15.9 Å². The fourth-order valence-corrected chi connectivity index (χ4v) is 3.63. The second kappa shape index (κ2) is 6.81. The van der Waals surface area contributed by atoms with Crippen LogP contribution in [-0.4, -0.2) is 34.3 Å². The molecule has 0 bridgehead atoms. The minimum atomic E-state index is -0.655. The second-order valence-corrected chi connectivity index (χ2v) is 7.05. The van der Waals surface area contributed by atoms with Crippen LogP contribution in [0.1, 0.15) is 31.9 Å². The van der Waals surface area contributed by atoms with Gasteiger partial charge in [0.05, 0.1) is 0 Å². The number of amides is 2. The minimum absolute atomic E-state index is 0.00378. The summed E-state index contributed by atoms with van der Waals surface area (Å²) in [6.07, 6.45) is 5.93. The van der Waals surface area contributed by atoms with Gasteiger partial charge in [-0.2, -0.15) is 0 Å². The van der Waals surface area contributed by atoms with E-state index in [0.717, 1.165) is 20.9 Å². The molecule has 2 aromatic rings. The van der Waals surface area contributed by atoms with Gasteiger partial charge in [-0.3, -0.25) is 9.59 Å². The van der Waals surface area contributed by atoms with Gasteiger partial charge in [-0.1, -0.05) is 34.1 Å². The number of H-pyrrole nitrogens is 1. The predicted octanol–water partition coefficient (Wildman–Crippen LogP) is 3.28. The number of aromatic amines is 1. The van der Waals surface area contributed by atoms with Gasteiger partial charge in [-0.15, -0.1) is 0 Å². The molecule has 0 saturated carbocycles. The number of nitrogens with zero attached hydrogens (tertiary/aromatic N) is 1. The highest BCUT2D eigenvalue weighted by Crippen LogP contribution is 2.34. The highest BCUT2D eigenvalue weighted by atomic mass is 79.9. The van der Waals surface area contributed by atoms with Gasteiger partial charge in [0.1, 0.15) is 6.04 Å². The molecule has 1 unspecified atom stereocenters. The largest absolute Gasteiger partial charge is 0.361 e. The van der Waals surface area contributed by atoms with E-state index < -0.39 is 6.04 Å². The average molecular weight is 390 g/mol. The van der Waals surface area contributed by atoms with Gasteiger partial charge in [-0.05, 0) is 26.0 Å². The molecule has 2 amide bonds. The summed E-state index contributed by atoms with van der Waals surface area (Å²) in [7, 11) is 0. The van der Waals surface area contributed by atoms with E-state index in [0.29, 0.717) is 13.0 Å². The standard InChI is InChI=1S/C18H20BrN3O2/c1-11(2)21-18(24)17(22-9-4-3-8-15(22)23)12-10-20-14-7-5-6-13(19)16(12)14/h3-7,10-11,17,20H,8-9H2,1-2H3,(H,21,24). The monoisotopic (exact) mass is 389 g/mol. The number of fused-ring (bicyclic) bond motifs is 1. The van der Waals surface area contributed by atoms with Gasteiger partial charge in [0, 0.05) is 46.1 Å². The first-order valence-corrected chi connectivity index (χ1v) is 8.78. The number of nitrogens with one attached hydrogen (secondary N) is 2. The lowest BCUT2D eigenvalue weighted by Gasteiger charge is -2.32. The summed E-state index contributed by atoms with van der Waals surface area (Å²) in [5, 5.41) is 3.88. The SMILES string of the molecule is CC(C)NC(=O)C(c1c[nH]c2cccc(Br)c12)N1CC=CCC1=O. The third-order valence-corrected chi connectivity index (χ3v) is 4.71. The number of hydrogen-bond donors (Lipinski definition) is 2. The van der Waals surface area contributed by atoms with E-state index in [9.17, 15) is 9.59 Å². The minimum Gasteiger partial charge on any atom is -0.361 e. The summed E-state index contributed by atoms with van der Waals surface area (Å²) in [6, 6.07) is 5.18. The summed E-state index contributed by atoms with van der Waals surface area (Å²) in [5.74, 6) is -0.201. The first-order valence-electron chi connectivity index (χ1n) is 7.99. The quantitative estimate of drug-likeness (QED) is 0.787. The topological polar surface area (TPSA) is 65.2 Å². The molecule has 0 aliphatic carbocycles. The number of benzene rings is 1. The number of hydrogen-bond acceptors (Lipinski definition) is 2. The van der Waals surface area contributed by atoms with Gasteiger partial charge in [0.25, 0.3) is 0 Å². The normalized spacial score (nSPS) is 16.0. The Labute approximate surface area is 149 Å². The lowest BCUT2D eigenvalue weighted by Crippen LogP contribution is -2.46. The fraction of sp³-hybridized carbons (Fsp3) is 0.333. The van der Waals surface area contributed by atoms with Crippen LogP contribution in [0.4, 0.5) is 0 Å². The zero-order valence-corrected chi connectivity index (χ0v) is 15.3. The molecule has 1 aliphatic rings. The number of halogens is 1. The van der Waals surface area contributed by atoms with Gasteiger partial charge < -0.3 is 15.2 Å². The maximum Gasteiger partial charge on any atom is 0.247 e. The van der Waals surface area contributed by atoms with Crippen molar-refractivity contribution in [3.63, 3.8) is 0 Å². The Kier molecular flexibility index (Phi) is 4.76. The van der Waals surface area contributed by atoms with Crippen LogP contribution in [0.5, 0.6) is 0 Å². The Balaban J connectivity index is 2.11. The van der Waals surface area contributed by atoms with Gasteiger partial charge >= 0.3 is 0 Å². The van der Waals surface area contributed by atoms with Crippen LogP contribution < -0.4 is 5.32 Å². The summed E-state index contributed by atoms with van der Waals surface area (Å²) in [4.78, 5) is 30.2. The molecule has 1 aromatic heterocycles. The summed E-state index contributed by atoms with van der Waals surface area (Å²) in [5.41, 5.74) is 1.74. The highest BCUT2D eigenvalue weighted by molar-refractivity contribution is 9.10. The smallest absolute Gasteiger partial charge is 0.247 e. The van der Waals surface area contributed by atoms with Crippen LogP contribution in [0.3, 0.4) is 0 Å². The third kappa shape index (κ3) is 3.11. The predicted molar refractivity (Wildman–Crippen MR) is 97.5 cm³/mol. The summed E-state index contributed by atoms with van der Waals surface area (Å²) < 4.78 is 0.901. The number of rotatable bonds is 4. The molecule has 2 heterocycles. The van der Waals surface area contributed by atoms with E-state index in [-0.39, 0.29) is 17.9 Å². The van der Waals surface area contributed by atoms with Gasteiger partial charge in [0.2, 0.25) is 11.8 Å². The van der Waals surface area contributed by atoms with Gasteiger partial charge in [0.15, 0.2) is 0 Å². The molecule has 0 spiro atoms. The van der Waals surface area contributed by atoms with Crippen molar-refractivity contribution in [2.75, 3.05) is 6.54 Å². The Bertz CT molecular complexity index is 810. The van der Waals surface area contributed by atoms with E-state index in [1.54, 1.807) is 4.90 Å². The Morgan fingerprint density at radius 2 is 2.12 bits per heavy atom. The molecule has 126 valence electrons. The number of aromatic nitrogens is 1. The van der Waals surface area contributed by atoms with Gasteiger partial charge in [-0.25, -0.2) is 0 Å². The van der Waals surface area contributed by atoms with Crippen LogP contribution in [0.15, 0.2) is 41.0 Å². The molecular formula is C18H20BrN3O2. The lowest BCUT2D eigenvalue weighted by atomic mass is 10.0. The molecule has 1 aliphatic heterocycles. The van der Waals surface area contributed by atoms with Crippen molar-refractivity contribution in [2.45, 2.75) is 32.4 Å². The van der Waals surface area contributed by atoms with Crippen molar-refractivity contribution in [1.29, 1.82) is 0 Å². The molecule has 1 aromatic carbocycles. The molecule has 5 nitrogen and oxygen atoms in total. The van der Waals surface area contributed by atoms with Crippen molar-refractivity contribution in [2.24, 2.45) is 0 Å². The summed E-state index contributed by atoms with van der Waals surface area (Å²) in [6.45, 7) is 4.27. The van der Waals surface area contributed by atoms with Crippen molar-refractivity contribution in [3.05, 3.63) is 46.6 Å². The van der Waals surface area contributed by atoms with Crippen molar-refractivity contribution in [3.8, 4) is 0 Å². The first-order chi connectivity index (χ1) is 11.5. The molecule has 24 heavy (non-hydrogen) atoms. The molecule has 0 fully saturated rings. The first kappa shape index (κ1) is 16.8. The van der Waals surface area contributed by atoms with Crippen molar-refractivity contribution in [1.82, 2.24) is 15.2 Å². The van der Waals surface area contributed by atoms with E-state index in [1.165, 1.54) is 0 Å². The lowest BCUT2D eigenvalue weighted by molar-refractivity contribution is -0.140. The Morgan fingerprint density at radius 3 is 2.83 bits per heavy atom. The maximum absolute atomic E-state index is 12.9. The number of carbonyl (C=O) groups excluding carboxylic acids is 2. The van der Waals surface area contributed by atoms with E-state index >= 15 is 0 Å². The zero-order valence-electron chi connectivity index (χ0n) is 13.7. The van der Waals surface area contributed by atoms with E-state index in [1.807, 2.05) is 50.4 Å². The van der Waals surface area contributed by atoms with Crippen molar-refractivity contribution >= 4 is 38.6 Å². The maximum atomic E-state index is 12.9. The number of carbonyl (C=O) groups is 2. The Hall–Kier alpha value is -2.08. The van der Waals surface area contributed by atoms with Crippen LogP contribution in [0.25, 0.3) is 10.9 Å². The Morgan fingerprint density at radius 1 is 1.33 bits per heavy atom. The second-order valence-electron chi connectivity index (χ2n) is 6.19. The van der Waals surface area contributed by atoms with Crippen LogP contribution in [0.2, 0.25) is 0 Å². The molecule has 6 heteroatoms. The summed E-state index contributed by atoms with van der Waals surface area (Å²) >= 11 is 3.57.